The Balaban J connectivity index is 2.27. The van der Waals surface area contributed by atoms with Gasteiger partial charge in [-0.15, -0.1) is 0 Å². The number of hydrogen-bond acceptors (Lipinski definition) is 1. The summed E-state index contributed by atoms with van der Waals surface area (Å²) in [5, 5.41) is 2.56. The van der Waals surface area contributed by atoms with Crippen molar-refractivity contribution >= 4 is 0 Å². The van der Waals surface area contributed by atoms with Gasteiger partial charge in [0.15, 0.2) is 0 Å². The van der Waals surface area contributed by atoms with Crippen molar-refractivity contribution < 1.29 is 22.0 Å². The first-order valence-corrected chi connectivity index (χ1v) is 5.09. The molecule has 17 heavy (non-hydrogen) atoms. The van der Waals surface area contributed by atoms with Gasteiger partial charge in [-0.05, 0) is 30.7 Å². The van der Waals surface area contributed by atoms with Crippen molar-refractivity contribution in [3.8, 4) is 0 Å². The zero-order valence-corrected chi connectivity index (χ0v) is 8.95. The summed E-state index contributed by atoms with van der Waals surface area (Å²) in [7, 11) is 0. The lowest BCUT2D eigenvalue weighted by molar-refractivity contribution is -0.133. The van der Waals surface area contributed by atoms with Crippen LogP contribution in [0.4, 0.5) is 22.0 Å². The van der Waals surface area contributed by atoms with Crippen LogP contribution in [0.2, 0.25) is 0 Å². The highest BCUT2D eigenvalue weighted by atomic mass is 19.4. The Hall–Kier alpha value is -1.17. The van der Waals surface area contributed by atoms with E-state index < -0.39 is 24.2 Å². The molecular formula is C11H12F5N. The van der Waals surface area contributed by atoms with E-state index in [1.165, 1.54) is 0 Å². The first-order chi connectivity index (χ1) is 7.87. The quantitative estimate of drug-likeness (QED) is 0.628. The zero-order chi connectivity index (χ0) is 12.9. The van der Waals surface area contributed by atoms with E-state index in [0.29, 0.717) is 5.56 Å². The van der Waals surface area contributed by atoms with Crippen LogP contribution in [0.3, 0.4) is 0 Å². The van der Waals surface area contributed by atoms with Crippen LogP contribution < -0.4 is 5.32 Å². The second-order valence-corrected chi connectivity index (χ2v) is 3.64. The third kappa shape index (κ3) is 6.21. The van der Waals surface area contributed by atoms with Gasteiger partial charge in [0.2, 0.25) is 0 Å². The van der Waals surface area contributed by atoms with E-state index in [0.717, 1.165) is 18.2 Å². The minimum atomic E-state index is -4.18. The Bertz CT molecular complexity index is 341. The van der Waals surface area contributed by atoms with Gasteiger partial charge in [0, 0.05) is 12.6 Å². The maximum absolute atomic E-state index is 12.8. The van der Waals surface area contributed by atoms with Crippen molar-refractivity contribution in [3.05, 3.63) is 35.4 Å². The summed E-state index contributed by atoms with van der Waals surface area (Å²) in [6.07, 6.45) is -4.81. The second kappa shape index (κ2) is 5.95. The predicted octanol–water partition coefficient (Wildman–Crippen LogP) is 3.05. The molecule has 0 radical (unpaired) electrons. The number of hydrogen-bond donors (Lipinski definition) is 1. The topological polar surface area (TPSA) is 12.0 Å². The van der Waals surface area contributed by atoms with E-state index in [-0.39, 0.29) is 19.5 Å². The molecule has 1 N–H and O–H groups in total. The van der Waals surface area contributed by atoms with Crippen LogP contribution in [0.25, 0.3) is 0 Å². The molecule has 0 bridgehead atoms. The standard InChI is InChI=1S/C11H12F5N/c12-9-5-8(6-10(13)7-9)1-3-17-4-2-11(14,15)16/h5-7,17H,1-4H2. The lowest BCUT2D eigenvalue weighted by Crippen LogP contribution is -2.23. The van der Waals surface area contributed by atoms with E-state index in [4.69, 9.17) is 0 Å². The molecule has 1 nitrogen and oxygen atoms in total. The van der Waals surface area contributed by atoms with Crippen molar-refractivity contribution in [3.63, 3.8) is 0 Å². The summed E-state index contributed by atoms with van der Waals surface area (Å²) in [5.74, 6) is -1.37. The first kappa shape index (κ1) is 13.9. The Labute approximate surface area is 95.6 Å². The summed E-state index contributed by atoms with van der Waals surface area (Å²) in [4.78, 5) is 0. The molecule has 0 unspecified atom stereocenters. The molecule has 0 aliphatic carbocycles. The average molecular weight is 253 g/mol. The van der Waals surface area contributed by atoms with Gasteiger partial charge in [-0.3, -0.25) is 0 Å². The Morgan fingerprint density at radius 2 is 1.53 bits per heavy atom. The fourth-order valence-corrected chi connectivity index (χ4v) is 1.34. The second-order valence-electron chi connectivity index (χ2n) is 3.64. The maximum Gasteiger partial charge on any atom is 0.390 e. The van der Waals surface area contributed by atoms with Crippen LogP contribution >= 0.6 is 0 Å². The van der Waals surface area contributed by atoms with E-state index in [1.807, 2.05) is 0 Å². The van der Waals surface area contributed by atoms with Crippen molar-refractivity contribution in [1.29, 1.82) is 0 Å². The summed E-state index contributed by atoms with van der Waals surface area (Å²) < 4.78 is 60.8. The highest BCUT2D eigenvalue weighted by Crippen LogP contribution is 2.18. The molecule has 0 amide bonds. The van der Waals surface area contributed by atoms with Crippen LogP contribution in [-0.2, 0) is 6.42 Å². The average Bonchev–Trinajstić information content (AvgIpc) is 2.13. The van der Waals surface area contributed by atoms with Crippen molar-refractivity contribution in [2.75, 3.05) is 13.1 Å². The molecule has 6 heteroatoms. The van der Waals surface area contributed by atoms with Gasteiger partial charge < -0.3 is 5.32 Å². The third-order valence-electron chi connectivity index (χ3n) is 2.10. The summed E-state index contributed by atoms with van der Waals surface area (Å²) in [6.45, 7) is 0.0558. The molecule has 0 fully saturated rings. The van der Waals surface area contributed by atoms with Gasteiger partial charge in [-0.2, -0.15) is 13.2 Å². The van der Waals surface area contributed by atoms with E-state index in [9.17, 15) is 22.0 Å². The Morgan fingerprint density at radius 3 is 2.06 bits per heavy atom. The lowest BCUT2D eigenvalue weighted by atomic mass is 10.1. The van der Waals surface area contributed by atoms with E-state index in [1.54, 1.807) is 0 Å². The van der Waals surface area contributed by atoms with E-state index in [2.05, 4.69) is 5.32 Å². The van der Waals surface area contributed by atoms with Gasteiger partial charge in [-0.1, -0.05) is 0 Å². The molecule has 0 saturated heterocycles. The largest absolute Gasteiger partial charge is 0.390 e. The Morgan fingerprint density at radius 1 is 0.941 bits per heavy atom. The van der Waals surface area contributed by atoms with Gasteiger partial charge in [0.1, 0.15) is 11.6 Å². The monoisotopic (exact) mass is 253 g/mol. The highest BCUT2D eigenvalue weighted by molar-refractivity contribution is 5.18. The molecule has 96 valence electrons. The zero-order valence-electron chi connectivity index (χ0n) is 8.95. The minimum Gasteiger partial charge on any atom is -0.316 e. The number of benzene rings is 1. The maximum atomic E-state index is 12.8. The van der Waals surface area contributed by atoms with Gasteiger partial charge in [-0.25, -0.2) is 8.78 Å². The molecular weight excluding hydrogens is 241 g/mol. The van der Waals surface area contributed by atoms with Crippen LogP contribution in [0.15, 0.2) is 18.2 Å². The molecule has 0 aliphatic heterocycles. The molecule has 0 aromatic heterocycles. The first-order valence-electron chi connectivity index (χ1n) is 5.09. The van der Waals surface area contributed by atoms with Crippen LogP contribution in [0.5, 0.6) is 0 Å². The molecule has 1 aromatic carbocycles. The lowest BCUT2D eigenvalue weighted by Gasteiger charge is -2.07. The number of nitrogens with one attached hydrogen (secondary N) is 1. The molecule has 0 heterocycles. The molecule has 0 atom stereocenters. The Kier molecular flexibility index (Phi) is 4.86. The number of rotatable bonds is 5. The molecule has 0 spiro atoms. The fraction of sp³-hybridized carbons (Fsp3) is 0.455. The fourth-order valence-electron chi connectivity index (χ4n) is 1.34. The highest BCUT2D eigenvalue weighted by Gasteiger charge is 2.25. The summed E-state index contributed by atoms with van der Waals surface area (Å²) >= 11 is 0. The SMILES string of the molecule is Fc1cc(F)cc(CCNCCC(F)(F)F)c1. The third-order valence-corrected chi connectivity index (χ3v) is 2.10. The van der Waals surface area contributed by atoms with Gasteiger partial charge in [0.05, 0.1) is 6.42 Å². The minimum absolute atomic E-state index is 0.193. The van der Waals surface area contributed by atoms with Crippen molar-refractivity contribution in [2.45, 2.75) is 19.0 Å². The molecule has 0 aliphatic rings. The van der Waals surface area contributed by atoms with Crippen molar-refractivity contribution in [2.24, 2.45) is 0 Å². The smallest absolute Gasteiger partial charge is 0.316 e. The molecule has 1 aromatic rings. The molecule has 1 rings (SSSR count). The number of halogens is 5. The predicted molar refractivity (Wildman–Crippen MR) is 53.6 cm³/mol. The van der Waals surface area contributed by atoms with Crippen LogP contribution in [0.1, 0.15) is 12.0 Å². The molecule has 0 saturated carbocycles. The summed E-state index contributed by atoms with van der Waals surface area (Å²) in [6, 6.07) is 3.07. The van der Waals surface area contributed by atoms with Crippen molar-refractivity contribution in [1.82, 2.24) is 5.32 Å². The number of alkyl halides is 3. The van der Waals surface area contributed by atoms with Crippen LogP contribution in [-0.4, -0.2) is 19.3 Å². The van der Waals surface area contributed by atoms with E-state index >= 15 is 0 Å². The van der Waals surface area contributed by atoms with Gasteiger partial charge >= 0.3 is 6.18 Å². The normalized spacial score (nSPS) is 11.8. The van der Waals surface area contributed by atoms with Crippen LogP contribution in [0, 0.1) is 11.6 Å². The summed E-state index contributed by atoms with van der Waals surface area (Å²) in [5.41, 5.74) is 0.419. The van der Waals surface area contributed by atoms with Gasteiger partial charge in [0.25, 0.3) is 0 Å².